The van der Waals surface area contributed by atoms with E-state index in [0.717, 1.165) is 12.3 Å². The van der Waals surface area contributed by atoms with Gasteiger partial charge in [-0.05, 0) is 40.4 Å². The van der Waals surface area contributed by atoms with Gasteiger partial charge in [0.15, 0.2) is 0 Å². The van der Waals surface area contributed by atoms with Crippen molar-refractivity contribution >= 4 is 21.8 Å². The minimum absolute atomic E-state index is 0.0982. The molecule has 4 heteroatoms. The highest BCUT2D eigenvalue weighted by Gasteiger charge is 2.18. The fourth-order valence-corrected chi connectivity index (χ4v) is 2.50. The molecule has 1 saturated carbocycles. The van der Waals surface area contributed by atoms with Crippen LogP contribution >= 0.6 is 15.9 Å². The third kappa shape index (κ3) is 3.06. The number of carbonyl (C=O) groups is 1. The molecule has 1 N–H and O–H groups in total. The number of rotatable bonds is 4. The topological polar surface area (TPSA) is 29.1 Å². The van der Waals surface area contributed by atoms with Crippen molar-refractivity contribution in [1.29, 1.82) is 0 Å². The number of carbonyl (C=O) groups excluding carboxylic acids is 1. The lowest BCUT2D eigenvalue weighted by molar-refractivity contribution is 0.0944. The van der Waals surface area contributed by atoms with Crippen LogP contribution in [0.2, 0.25) is 0 Å². The van der Waals surface area contributed by atoms with Gasteiger partial charge >= 0.3 is 0 Å². The Kier molecular flexibility index (Phi) is 4.15. The molecule has 0 atom stereocenters. The fraction of sp³-hybridized carbons (Fsp3) is 0.462. The molecule has 17 heavy (non-hydrogen) atoms. The molecule has 0 radical (unpaired) electrons. The smallest absolute Gasteiger partial charge is 0.255 e. The molecular weight excluding hydrogens is 285 g/mol. The summed E-state index contributed by atoms with van der Waals surface area (Å²) in [6.07, 6.45) is 4.83. The molecule has 0 bridgehead atoms. The molecule has 1 aliphatic carbocycles. The highest BCUT2D eigenvalue weighted by molar-refractivity contribution is 9.10. The van der Waals surface area contributed by atoms with Crippen LogP contribution in [0.1, 0.15) is 36.0 Å². The van der Waals surface area contributed by atoms with Crippen LogP contribution in [0, 0.1) is 11.7 Å². The van der Waals surface area contributed by atoms with Crippen LogP contribution in [0.15, 0.2) is 22.7 Å². The number of nitrogens with one attached hydrogen (secondary N) is 1. The molecule has 1 fully saturated rings. The van der Waals surface area contributed by atoms with Crippen molar-refractivity contribution in [2.24, 2.45) is 5.92 Å². The maximum atomic E-state index is 13.5. The molecule has 2 nitrogen and oxygen atoms in total. The van der Waals surface area contributed by atoms with E-state index in [0.29, 0.717) is 11.0 Å². The quantitative estimate of drug-likeness (QED) is 0.906. The van der Waals surface area contributed by atoms with Crippen LogP contribution in [0.25, 0.3) is 0 Å². The molecule has 0 heterocycles. The van der Waals surface area contributed by atoms with E-state index in [1.54, 1.807) is 12.1 Å². The van der Waals surface area contributed by atoms with Gasteiger partial charge in [-0.15, -0.1) is 0 Å². The van der Waals surface area contributed by atoms with E-state index >= 15 is 0 Å². The van der Waals surface area contributed by atoms with Gasteiger partial charge in [-0.25, -0.2) is 4.39 Å². The summed E-state index contributed by atoms with van der Waals surface area (Å²) in [4.78, 5) is 11.8. The number of amides is 1. The minimum Gasteiger partial charge on any atom is -0.352 e. The van der Waals surface area contributed by atoms with Gasteiger partial charge in [-0.2, -0.15) is 0 Å². The molecular formula is C13H15BrFNO. The van der Waals surface area contributed by atoms with E-state index in [-0.39, 0.29) is 11.5 Å². The van der Waals surface area contributed by atoms with E-state index < -0.39 is 5.82 Å². The number of hydrogen-bond acceptors (Lipinski definition) is 1. The average molecular weight is 300 g/mol. The summed E-state index contributed by atoms with van der Waals surface area (Å²) in [5.74, 6) is -0.0748. The van der Waals surface area contributed by atoms with E-state index in [1.807, 2.05) is 0 Å². The first-order valence-electron chi connectivity index (χ1n) is 5.90. The Morgan fingerprint density at radius 1 is 1.47 bits per heavy atom. The molecule has 0 spiro atoms. The van der Waals surface area contributed by atoms with Gasteiger partial charge in [0.05, 0.1) is 5.56 Å². The van der Waals surface area contributed by atoms with Gasteiger partial charge < -0.3 is 5.32 Å². The van der Waals surface area contributed by atoms with Gasteiger partial charge in [0.25, 0.3) is 5.91 Å². The summed E-state index contributed by atoms with van der Waals surface area (Å²) in [6, 6.07) is 4.54. The van der Waals surface area contributed by atoms with Crippen LogP contribution < -0.4 is 5.32 Å². The molecule has 1 aromatic rings. The van der Waals surface area contributed by atoms with Crippen LogP contribution in [-0.4, -0.2) is 12.5 Å². The van der Waals surface area contributed by atoms with E-state index in [4.69, 9.17) is 0 Å². The highest BCUT2D eigenvalue weighted by Crippen LogP contribution is 2.28. The zero-order chi connectivity index (χ0) is 12.3. The molecule has 2 rings (SSSR count). The highest BCUT2D eigenvalue weighted by atomic mass is 79.9. The summed E-state index contributed by atoms with van der Waals surface area (Å²) in [7, 11) is 0. The fourth-order valence-electron chi connectivity index (χ4n) is 1.97. The van der Waals surface area contributed by atoms with Crippen molar-refractivity contribution in [1.82, 2.24) is 5.32 Å². The molecule has 0 aromatic heterocycles. The molecule has 0 saturated heterocycles. The molecule has 0 unspecified atom stereocenters. The average Bonchev–Trinajstić information content (AvgIpc) is 2.21. The Bertz CT molecular complexity index is 398. The zero-order valence-electron chi connectivity index (χ0n) is 9.51. The van der Waals surface area contributed by atoms with Crippen LogP contribution in [-0.2, 0) is 0 Å². The van der Waals surface area contributed by atoms with E-state index in [9.17, 15) is 9.18 Å². The summed E-state index contributed by atoms with van der Waals surface area (Å²) >= 11 is 3.19. The Balaban J connectivity index is 1.90. The summed E-state index contributed by atoms with van der Waals surface area (Å²) < 4.78 is 14.0. The first kappa shape index (κ1) is 12.6. The largest absolute Gasteiger partial charge is 0.352 e. The predicted molar refractivity (Wildman–Crippen MR) is 68.4 cm³/mol. The molecule has 92 valence electrons. The second-order valence-corrected chi connectivity index (χ2v) is 5.29. The number of benzene rings is 1. The Hall–Kier alpha value is -0.900. The van der Waals surface area contributed by atoms with Gasteiger partial charge in [0.2, 0.25) is 0 Å². The van der Waals surface area contributed by atoms with Crippen molar-refractivity contribution in [3.8, 4) is 0 Å². The normalized spacial score (nSPS) is 15.4. The second kappa shape index (κ2) is 5.63. The van der Waals surface area contributed by atoms with Crippen LogP contribution in [0.3, 0.4) is 0 Å². The Labute approximate surface area is 109 Å². The monoisotopic (exact) mass is 299 g/mol. The van der Waals surface area contributed by atoms with Gasteiger partial charge in [-0.1, -0.05) is 25.3 Å². The van der Waals surface area contributed by atoms with Crippen molar-refractivity contribution in [2.75, 3.05) is 6.54 Å². The van der Waals surface area contributed by atoms with Gasteiger partial charge in [0, 0.05) is 11.0 Å². The Morgan fingerprint density at radius 2 is 2.24 bits per heavy atom. The van der Waals surface area contributed by atoms with Crippen LogP contribution in [0.5, 0.6) is 0 Å². The maximum Gasteiger partial charge on any atom is 0.255 e. The molecule has 0 aliphatic heterocycles. The predicted octanol–water partition coefficient (Wildman–Crippen LogP) is 3.51. The second-order valence-electron chi connectivity index (χ2n) is 4.44. The Morgan fingerprint density at radius 3 is 2.82 bits per heavy atom. The summed E-state index contributed by atoms with van der Waals surface area (Å²) in [5.41, 5.74) is 0.0982. The van der Waals surface area contributed by atoms with Crippen molar-refractivity contribution in [3.63, 3.8) is 0 Å². The zero-order valence-corrected chi connectivity index (χ0v) is 11.1. The molecule has 1 aliphatic rings. The number of hydrogen-bond donors (Lipinski definition) is 1. The van der Waals surface area contributed by atoms with Crippen molar-refractivity contribution < 1.29 is 9.18 Å². The third-order valence-corrected chi connectivity index (χ3v) is 3.91. The van der Waals surface area contributed by atoms with E-state index in [1.165, 1.54) is 25.3 Å². The summed E-state index contributed by atoms with van der Waals surface area (Å²) in [6.45, 7) is 0.629. The molecule has 1 amide bonds. The van der Waals surface area contributed by atoms with Crippen LogP contribution in [0.4, 0.5) is 4.39 Å². The van der Waals surface area contributed by atoms with Crippen molar-refractivity contribution in [3.05, 3.63) is 34.1 Å². The maximum absolute atomic E-state index is 13.5. The number of halogens is 2. The lowest BCUT2D eigenvalue weighted by Crippen LogP contribution is -2.28. The lowest BCUT2D eigenvalue weighted by atomic mass is 9.83. The first-order valence-corrected chi connectivity index (χ1v) is 6.70. The van der Waals surface area contributed by atoms with Gasteiger partial charge in [-0.3, -0.25) is 4.79 Å². The standard InChI is InChI=1S/C13H15BrFNO/c14-10-5-2-6-11(15)12(10)13(17)16-8-7-9-3-1-4-9/h2,5-6,9H,1,3-4,7-8H2,(H,16,17). The molecule has 1 aromatic carbocycles. The summed E-state index contributed by atoms with van der Waals surface area (Å²) in [5, 5.41) is 2.77. The van der Waals surface area contributed by atoms with Crippen molar-refractivity contribution in [2.45, 2.75) is 25.7 Å². The third-order valence-electron chi connectivity index (χ3n) is 3.25. The lowest BCUT2D eigenvalue weighted by Gasteiger charge is -2.25. The van der Waals surface area contributed by atoms with Gasteiger partial charge in [0.1, 0.15) is 5.82 Å². The SMILES string of the molecule is O=C(NCCC1CCC1)c1c(F)cccc1Br. The van der Waals surface area contributed by atoms with E-state index in [2.05, 4.69) is 21.2 Å². The first-order chi connectivity index (χ1) is 8.18. The minimum atomic E-state index is -0.486.